The van der Waals surface area contributed by atoms with Crippen LogP contribution in [0, 0.1) is 17.2 Å². The van der Waals surface area contributed by atoms with Crippen molar-refractivity contribution in [3.05, 3.63) is 47.5 Å². The van der Waals surface area contributed by atoms with Crippen LogP contribution in [-0.2, 0) is 17.8 Å². The maximum atomic E-state index is 8.48. The summed E-state index contributed by atoms with van der Waals surface area (Å²) in [5.41, 5.74) is 2.70. The molecule has 1 aromatic rings. The summed E-state index contributed by atoms with van der Waals surface area (Å²) in [5.74, 6) is 0.812. The molecule has 2 heteroatoms. The lowest BCUT2D eigenvalue weighted by Crippen LogP contribution is -2.21. The van der Waals surface area contributed by atoms with E-state index in [0.717, 1.165) is 25.4 Å². The fourth-order valence-corrected chi connectivity index (χ4v) is 3.36. The summed E-state index contributed by atoms with van der Waals surface area (Å²) in [5, 5.41) is 8.48. The fourth-order valence-electron chi connectivity index (χ4n) is 3.36. The Hall–Kier alpha value is -1.59. The van der Waals surface area contributed by atoms with Gasteiger partial charge in [-0.1, -0.05) is 43.7 Å². The zero-order valence-electron chi connectivity index (χ0n) is 14.3. The number of hydrogen-bond acceptors (Lipinski definition) is 2. The summed E-state index contributed by atoms with van der Waals surface area (Å²) in [6.45, 7) is 2.96. The number of ether oxygens (including phenoxy) is 1. The van der Waals surface area contributed by atoms with E-state index in [4.69, 9.17) is 10.00 Å². The molecule has 0 heterocycles. The van der Waals surface area contributed by atoms with Crippen molar-refractivity contribution < 1.29 is 4.74 Å². The van der Waals surface area contributed by atoms with Crippen molar-refractivity contribution in [2.45, 2.75) is 71.0 Å². The highest BCUT2D eigenvalue weighted by Gasteiger charge is 2.21. The normalized spacial score (nSPS) is 21.4. The Balaban J connectivity index is 1.64. The number of nitriles is 1. The lowest BCUT2D eigenvalue weighted by atomic mass is 9.84. The van der Waals surface area contributed by atoms with E-state index in [1.165, 1.54) is 49.7 Å². The smallest absolute Gasteiger partial charge is 0.0908 e. The molecule has 1 aliphatic rings. The summed E-state index contributed by atoms with van der Waals surface area (Å²) < 4.78 is 6.10. The molecule has 23 heavy (non-hydrogen) atoms. The van der Waals surface area contributed by atoms with E-state index in [1.807, 2.05) is 6.08 Å². The molecule has 0 bridgehead atoms. The van der Waals surface area contributed by atoms with E-state index in [2.05, 4.69) is 37.3 Å². The second kappa shape index (κ2) is 10.2. The van der Waals surface area contributed by atoms with Crippen LogP contribution in [0.5, 0.6) is 0 Å². The Morgan fingerprint density at radius 2 is 1.83 bits per heavy atom. The van der Waals surface area contributed by atoms with E-state index in [-0.39, 0.29) is 0 Å². The SMILES string of the molecule is CCCc1ccc(CO[C@H]2CC[C@H](CCC=CC#N)CC2)cc1. The van der Waals surface area contributed by atoms with Crippen molar-refractivity contribution in [3.63, 3.8) is 0 Å². The van der Waals surface area contributed by atoms with E-state index < -0.39 is 0 Å². The summed E-state index contributed by atoms with van der Waals surface area (Å²) in [4.78, 5) is 0. The molecule has 1 aliphatic carbocycles. The van der Waals surface area contributed by atoms with E-state index in [9.17, 15) is 0 Å². The molecular formula is C21H29NO. The molecule has 1 fully saturated rings. The molecule has 1 aromatic carbocycles. The molecule has 0 unspecified atom stereocenters. The average Bonchev–Trinajstić information content (AvgIpc) is 2.59. The van der Waals surface area contributed by atoms with Gasteiger partial charge in [0.2, 0.25) is 0 Å². The Morgan fingerprint density at radius 1 is 1.13 bits per heavy atom. The molecule has 2 nitrogen and oxygen atoms in total. The van der Waals surface area contributed by atoms with Gasteiger partial charge >= 0.3 is 0 Å². The van der Waals surface area contributed by atoms with Crippen LogP contribution in [0.25, 0.3) is 0 Å². The van der Waals surface area contributed by atoms with Gasteiger partial charge in [0.15, 0.2) is 0 Å². The second-order valence-corrected chi connectivity index (χ2v) is 6.63. The molecule has 1 saturated carbocycles. The van der Waals surface area contributed by atoms with Crippen LogP contribution < -0.4 is 0 Å². The van der Waals surface area contributed by atoms with Crippen LogP contribution in [-0.4, -0.2) is 6.10 Å². The van der Waals surface area contributed by atoms with Gasteiger partial charge in [-0.25, -0.2) is 0 Å². The third kappa shape index (κ3) is 6.59. The summed E-state index contributed by atoms with van der Waals surface area (Å²) in [7, 11) is 0. The zero-order chi connectivity index (χ0) is 16.3. The minimum absolute atomic E-state index is 0.427. The van der Waals surface area contributed by atoms with E-state index in [0.29, 0.717) is 6.10 Å². The van der Waals surface area contributed by atoms with E-state index >= 15 is 0 Å². The van der Waals surface area contributed by atoms with Crippen molar-refractivity contribution >= 4 is 0 Å². The van der Waals surface area contributed by atoms with Gasteiger partial charge in [0.1, 0.15) is 0 Å². The molecule has 0 spiro atoms. The minimum Gasteiger partial charge on any atom is -0.374 e. The number of allylic oxidation sites excluding steroid dienone is 2. The van der Waals surface area contributed by atoms with Crippen molar-refractivity contribution in [1.29, 1.82) is 5.26 Å². The molecule has 0 atom stereocenters. The Bertz CT molecular complexity index is 504. The van der Waals surface area contributed by atoms with Crippen molar-refractivity contribution in [3.8, 4) is 6.07 Å². The van der Waals surface area contributed by atoms with Gasteiger partial charge in [-0.15, -0.1) is 0 Å². The highest BCUT2D eigenvalue weighted by atomic mass is 16.5. The van der Waals surface area contributed by atoms with Gasteiger partial charge in [0.05, 0.1) is 18.8 Å². The monoisotopic (exact) mass is 311 g/mol. The fraction of sp³-hybridized carbons (Fsp3) is 0.571. The minimum atomic E-state index is 0.427. The van der Waals surface area contributed by atoms with Crippen LogP contribution in [0.15, 0.2) is 36.4 Å². The third-order valence-electron chi connectivity index (χ3n) is 4.78. The first-order valence-electron chi connectivity index (χ1n) is 9.06. The number of hydrogen-bond donors (Lipinski definition) is 0. The number of benzene rings is 1. The van der Waals surface area contributed by atoms with Crippen LogP contribution in [0.3, 0.4) is 0 Å². The molecular weight excluding hydrogens is 282 g/mol. The number of aryl methyl sites for hydroxylation is 1. The summed E-state index contributed by atoms with van der Waals surface area (Å²) in [6.07, 6.45) is 13.5. The highest BCUT2D eigenvalue weighted by Crippen LogP contribution is 2.30. The molecule has 0 radical (unpaired) electrons. The first kappa shape index (κ1) is 17.8. The summed E-state index contributed by atoms with van der Waals surface area (Å²) in [6, 6.07) is 10.9. The van der Waals surface area contributed by atoms with Gasteiger partial charge < -0.3 is 4.74 Å². The van der Waals surface area contributed by atoms with Gasteiger partial charge in [0.25, 0.3) is 0 Å². The topological polar surface area (TPSA) is 33.0 Å². The van der Waals surface area contributed by atoms with Gasteiger partial charge in [-0.05, 0) is 62.0 Å². The number of rotatable bonds is 8. The van der Waals surface area contributed by atoms with Crippen LogP contribution >= 0.6 is 0 Å². The van der Waals surface area contributed by atoms with Gasteiger partial charge in [-0.2, -0.15) is 5.26 Å². The molecule has 0 amide bonds. The van der Waals surface area contributed by atoms with E-state index in [1.54, 1.807) is 6.08 Å². The maximum absolute atomic E-state index is 8.48. The van der Waals surface area contributed by atoms with Crippen LogP contribution in [0.1, 0.15) is 63.0 Å². The van der Waals surface area contributed by atoms with Gasteiger partial charge in [0, 0.05) is 6.08 Å². The lowest BCUT2D eigenvalue weighted by molar-refractivity contribution is 0.00646. The quantitative estimate of drug-likeness (QED) is 0.588. The Morgan fingerprint density at radius 3 is 2.48 bits per heavy atom. The molecule has 0 aromatic heterocycles. The molecule has 0 aliphatic heterocycles. The number of nitrogens with zero attached hydrogens (tertiary/aromatic N) is 1. The van der Waals surface area contributed by atoms with Crippen molar-refractivity contribution in [1.82, 2.24) is 0 Å². The van der Waals surface area contributed by atoms with Crippen LogP contribution in [0.4, 0.5) is 0 Å². The first-order valence-corrected chi connectivity index (χ1v) is 9.06. The van der Waals surface area contributed by atoms with Crippen LogP contribution in [0.2, 0.25) is 0 Å². The predicted octanol–water partition coefficient (Wildman–Crippen LogP) is 5.57. The Labute approximate surface area is 141 Å². The second-order valence-electron chi connectivity index (χ2n) is 6.63. The van der Waals surface area contributed by atoms with Gasteiger partial charge in [-0.3, -0.25) is 0 Å². The lowest BCUT2D eigenvalue weighted by Gasteiger charge is -2.28. The summed E-state index contributed by atoms with van der Waals surface area (Å²) >= 11 is 0. The Kier molecular flexibility index (Phi) is 7.90. The molecule has 0 saturated heterocycles. The molecule has 0 N–H and O–H groups in total. The zero-order valence-corrected chi connectivity index (χ0v) is 14.3. The largest absolute Gasteiger partial charge is 0.374 e. The predicted molar refractivity (Wildman–Crippen MR) is 95.0 cm³/mol. The maximum Gasteiger partial charge on any atom is 0.0908 e. The highest BCUT2D eigenvalue weighted by molar-refractivity contribution is 5.22. The third-order valence-corrected chi connectivity index (χ3v) is 4.78. The molecule has 124 valence electrons. The average molecular weight is 311 g/mol. The van der Waals surface area contributed by atoms with Crippen molar-refractivity contribution in [2.24, 2.45) is 5.92 Å². The van der Waals surface area contributed by atoms with Crippen molar-refractivity contribution in [2.75, 3.05) is 0 Å². The first-order chi connectivity index (χ1) is 11.3. The standard InChI is InChI=1S/C21H29NO/c1-2-6-18-8-10-20(11-9-18)17-23-21-14-12-19(13-15-21)7-4-3-5-16-22/h3,5,8-11,19,21H,2,4,6-7,12-15,17H2,1H3/t19-,21-. The molecule has 2 rings (SSSR count).